The van der Waals surface area contributed by atoms with Crippen molar-refractivity contribution in [1.29, 1.82) is 5.26 Å². The van der Waals surface area contributed by atoms with Crippen molar-refractivity contribution in [1.82, 2.24) is 4.98 Å². The van der Waals surface area contributed by atoms with E-state index in [9.17, 15) is 13.2 Å². The fourth-order valence-corrected chi connectivity index (χ4v) is 0.998. The zero-order chi connectivity index (χ0) is 10.8. The van der Waals surface area contributed by atoms with Gasteiger partial charge in [-0.05, 0) is 18.6 Å². The van der Waals surface area contributed by atoms with E-state index in [0.717, 1.165) is 12.3 Å². The van der Waals surface area contributed by atoms with E-state index in [-0.39, 0.29) is 6.42 Å². The zero-order valence-corrected chi connectivity index (χ0v) is 7.39. The molecule has 0 aliphatic rings. The van der Waals surface area contributed by atoms with Crippen LogP contribution in [0.2, 0.25) is 0 Å². The second-order valence-electron chi connectivity index (χ2n) is 2.80. The molecule has 5 heteroatoms. The number of alkyl halides is 3. The van der Waals surface area contributed by atoms with Crippen molar-refractivity contribution in [2.24, 2.45) is 0 Å². The van der Waals surface area contributed by atoms with Gasteiger partial charge in [0.2, 0.25) is 0 Å². The molecule has 0 saturated heterocycles. The first-order valence-electron chi connectivity index (χ1n) is 3.85. The molecule has 14 heavy (non-hydrogen) atoms. The monoisotopic (exact) mass is 200 g/mol. The number of rotatable bonds is 1. The quantitative estimate of drug-likeness (QED) is 0.698. The Morgan fingerprint density at radius 2 is 2.14 bits per heavy atom. The van der Waals surface area contributed by atoms with E-state index in [0.29, 0.717) is 11.3 Å². The number of hydrogen-bond acceptors (Lipinski definition) is 2. The highest BCUT2D eigenvalue weighted by Crippen LogP contribution is 2.29. The van der Waals surface area contributed by atoms with Crippen LogP contribution in [0.25, 0.3) is 0 Å². The second kappa shape index (κ2) is 3.66. The van der Waals surface area contributed by atoms with Crippen molar-refractivity contribution in [2.75, 3.05) is 0 Å². The van der Waals surface area contributed by atoms with E-state index < -0.39 is 11.7 Å². The molecule has 1 aromatic heterocycles. The lowest BCUT2D eigenvalue weighted by Crippen LogP contribution is -2.07. The molecule has 0 saturated carbocycles. The van der Waals surface area contributed by atoms with Gasteiger partial charge < -0.3 is 0 Å². The fourth-order valence-electron chi connectivity index (χ4n) is 0.998. The van der Waals surface area contributed by atoms with Crippen LogP contribution in [0.1, 0.15) is 16.8 Å². The van der Waals surface area contributed by atoms with Gasteiger partial charge >= 0.3 is 6.18 Å². The van der Waals surface area contributed by atoms with Crippen molar-refractivity contribution in [3.8, 4) is 6.07 Å². The summed E-state index contributed by atoms with van der Waals surface area (Å²) in [5, 5.41) is 8.38. The lowest BCUT2D eigenvalue weighted by atomic mass is 10.1. The van der Waals surface area contributed by atoms with Gasteiger partial charge in [0, 0.05) is 11.9 Å². The average Bonchev–Trinajstić information content (AvgIpc) is 2.07. The first kappa shape index (κ1) is 10.5. The van der Waals surface area contributed by atoms with Gasteiger partial charge in [0.1, 0.15) is 0 Å². The molecule has 0 atom stereocenters. The predicted octanol–water partition coefficient (Wildman–Crippen LogP) is 2.47. The fraction of sp³-hybridized carbons (Fsp3) is 0.333. The molecule has 0 fully saturated rings. The Morgan fingerprint density at radius 3 is 2.64 bits per heavy atom. The molecule has 0 unspecified atom stereocenters. The molecule has 0 bridgehead atoms. The lowest BCUT2D eigenvalue weighted by molar-refractivity contribution is -0.137. The minimum atomic E-state index is -4.40. The average molecular weight is 200 g/mol. The third kappa shape index (κ3) is 2.22. The summed E-state index contributed by atoms with van der Waals surface area (Å²) in [6, 6.07) is 2.76. The van der Waals surface area contributed by atoms with Gasteiger partial charge in [0.05, 0.1) is 18.1 Å². The topological polar surface area (TPSA) is 36.7 Å². The number of halogens is 3. The number of nitriles is 1. The molecule has 1 rings (SSSR count). The van der Waals surface area contributed by atoms with Gasteiger partial charge in [-0.2, -0.15) is 18.4 Å². The zero-order valence-electron chi connectivity index (χ0n) is 7.39. The molecule has 1 heterocycles. The molecule has 74 valence electrons. The van der Waals surface area contributed by atoms with Crippen molar-refractivity contribution in [3.05, 3.63) is 29.1 Å². The standard InChI is InChI=1S/C9H7F3N2/c1-6-7(2-3-13)4-8(5-14-6)9(10,11)12/h4-5H,2H2,1H3. The van der Waals surface area contributed by atoms with E-state index in [4.69, 9.17) is 5.26 Å². The molecule has 0 aliphatic carbocycles. The highest BCUT2D eigenvalue weighted by atomic mass is 19.4. The number of aromatic nitrogens is 1. The molecule has 0 N–H and O–H groups in total. The minimum absolute atomic E-state index is 0.0528. The van der Waals surface area contributed by atoms with Crippen LogP contribution in [0, 0.1) is 18.3 Å². The Labute approximate surface area is 79.0 Å². The number of pyridine rings is 1. The Hall–Kier alpha value is -1.57. The van der Waals surface area contributed by atoms with E-state index >= 15 is 0 Å². The van der Waals surface area contributed by atoms with E-state index in [2.05, 4.69) is 4.98 Å². The van der Waals surface area contributed by atoms with Gasteiger partial charge in [-0.15, -0.1) is 0 Å². The van der Waals surface area contributed by atoms with Crippen LogP contribution in [0.5, 0.6) is 0 Å². The molecule has 0 aromatic carbocycles. The Bertz CT molecular complexity index is 377. The summed E-state index contributed by atoms with van der Waals surface area (Å²) in [6.45, 7) is 1.58. The van der Waals surface area contributed by atoms with E-state index in [1.807, 2.05) is 0 Å². The minimum Gasteiger partial charge on any atom is -0.261 e. The molecule has 0 spiro atoms. The van der Waals surface area contributed by atoms with E-state index in [1.54, 1.807) is 13.0 Å². The van der Waals surface area contributed by atoms with Crippen LogP contribution in [0.4, 0.5) is 13.2 Å². The number of hydrogen-bond donors (Lipinski definition) is 0. The summed E-state index contributed by atoms with van der Waals surface area (Å²) in [7, 11) is 0. The maximum absolute atomic E-state index is 12.2. The summed E-state index contributed by atoms with van der Waals surface area (Å²) in [5.74, 6) is 0. The maximum atomic E-state index is 12.2. The van der Waals surface area contributed by atoms with Crippen LogP contribution in [-0.4, -0.2) is 4.98 Å². The summed E-state index contributed by atoms with van der Waals surface area (Å²) < 4.78 is 36.7. The largest absolute Gasteiger partial charge is 0.417 e. The summed E-state index contributed by atoms with van der Waals surface area (Å²) in [5.41, 5.74) is -0.0322. The van der Waals surface area contributed by atoms with Crippen LogP contribution >= 0.6 is 0 Å². The van der Waals surface area contributed by atoms with Gasteiger partial charge in [-0.3, -0.25) is 4.98 Å². The normalized spacial score (nSPS) is 11.1. The van der Waals surface area contributed by atoms with Gasteiger partial charge in [0.25, 0.3) is 0 Å². The molecule has 0 radical (unpaired) electrons. The van der Waals surface area contributed by atoms with Crippen LogP contribution < -0.4 is 0 Å². The van der Waals surface area contributed by atoms with Crippen LogP contribution in [0.15, 0.2) is 12.3 Å². The molecule has 0 aliphatic heterocycles. The summed E-state index contributed by atoms with van der Waals surface area (Å²) in [4.78, 5) is 3.59. The first-order chi connectivity index (χ1) is 6.45. The van der Waals surface area contributed by atoms with Crippen LogP contribution in [-0.2, 0) is 12.6 Å². The molecular weight excluding hydrogens is 193 g/mol. The van der Waals surface area contributed by atoms with Crippen molar-refractivity contribution < 1.29 is 13.2 Å². The number of nitrogens with zero attached hydrogens (tertiary/aromatic N) is 2. The first-order valence-corrected chi connectivity index (χ1v) is 3.85. The molecule has 0 amide bonds. The van der Waals surface area contributed by atoms with E-state index in [1.165, 1.54) is 0 Å². The number of aryl methyl sites for hydroxylation is 1. The Morgan fingerprint density at radius 1 is 1.50 bits per heavy atom. The van der Waals surface area contributed by atoms with Crippen LogP contribution in [0.3, 0.4) is 0 Å². The smallest absolute Gasteiger partial charge is 0.261 e. The Kier molecular flexibility index (Phi) is 2.75. The lowest BCUT2D eigenvalue weighted by Gasteiger charge is -2.08. The highest BCUT2D eigenvalue weighted by molar-refractivity contribution is 5.28. The van der Waals surface area contributed by atoms with Gasteiger partial charge in [0.15, 0.2) is 0 Å². The van der Waals surface area contributed by atoms with Gasteiger partial charge in [-0.25, -0.2) is 0 Å². The SMILES string of the molecule is Cc1ncc(C(F)(F)F)cc1CC#N. The molecule has 1 aromatic rings. The highest BCUT2D eigenvalue weighted by Gasteiger charge is 2.31. The van der Waals surface area contributed by atoms with Crippen molar-refractivity contribution in [3.63, 3.8) is 0 Å². The molecular formula is C9H7F3N2. The summed E-state index contributed by atoms with van der Waals surface area (Å²) >= 11 is 0. The van der Waals surface area contributed by atoms with Gasteiger partial charge in [-0.1, -0.05) is 0 Å². The summed E-state index contributed by atoms with van der Waals surface area (Å²) in [6.07, 6.45) is -3.68. The predicted molar refractivity (Wildman–Crippen MR) is 43.3 cm³/mol. The third-order valence-corrected chi connectivity index (χ3v) is 1.79. The second-order valence-corrected chi connectivity index (χ2v) is 2.80. The molecule has 2 nitrogen and oxygen atoms in total. The third-order valence-electron chi connectivity index (χ3n) is 1.79. The van der Waals surface area contributed by atoms with Crippen molar-refractivity contribution in [2.45, 2.75) is 19.5 Å². The van der Waals surface area contributed by atoms with Crippen molar-refractivity contribution >= 4 is 0 Å². The maximum Gasteiger partial charge on any atom is 0.417 e. The Balaban J connectivity index is 3.14.